The van der Waals surface area contributed by atoms with Crippen LogP contribution in [-0.2, 0) is 0 Å². The van der Waals surface area contributed by atoms with Gasteiger partial charge in [-0.25, -0.2) is 0 Å². The molecule has 0 aromatic heterocycles. The highest BCUT2D eigenvalue weighted by Gasteiger charge is 2.25. The van der Waals surface area contributed by atoms with E-state index in [-0.39, 0.29) is 6.10 Å². The molecule has 0 heterocycles. The number of hydrogen-bond donors (Lipinski definition) is 1. The van der Waals surface area contributed by atoms with E-state index in [4.69, 9.17) is 0 Å². The van der Waals surface area contributed by atoms with Crippen LogP contribution in [0.2, 0.25) is 0 Å². The summed E-state index contributed by atoms with van der Waals surface area (Å²) < 4.78 is 0. The van der Waals surface area contributed by atoms with E-state index in [9.17, 15) is 5.11 Å². The van der Waals surface area contributed by atoms with Crippen LogP contribution in [0.1, 0.15) is 33.1 Å². The van der Waals surface area contributed by atoms with Crippen LogP contribution in [0.25, 0.3) is 0 Å². The van der Waals surface area contributed by atoms with E-state index in [2.05, 4.69) is 20.4 Å². The molecule has 0 aliphatic heterocycles. The van der Waals surface area contributed by atoms with Crippen molar-refractivity contribution in [1.29, 1.82) is 0 Å². The third-order valence-corrected chi connectivity index (χ3v) is 2.85. The Balaban J connectivity index is 2.46. The Hall–Kier alpha value is -0.300. The zero-order valence-electron chi connectivity index (χ0n) is 7.51. The van der Waals surface area contributed by atoms with Crippen LogP contribution < -0.4 is 0 Å². The average molecular weight is 154 g/mol. The first-order chi connectivity index (χ1) is 5.11. The summed E-state index contributed by atoms with van der Waals surface area (Å²) in [6, 6.07) is 0. The molecule has 11 heavy (non-hydrogen) atoms. The predicted octanol–water partition coefficient (Wildman–Crippen LogP) is 2.36. The SMILES string of the molecule is C=C(C)[C@H]1CC[C@@H](C)C(O)C1. The van der Waals surface area contributed by atoms with Crippen LogP contribution in [0.4, 0.5) is 0 Å². The fourth-order valence-corrected chi connectivity index (χ4v) is 1.75. The molecule has 1 nitrogen and oxygen atoms in total. The molecule has 0 aromatic rings. The lowest BCUT2D eigenvalue weighted by Gasteiger charge is -2.31. The third-order valence-electron chi connectivity index (χ3n) is 2.85. The van der Waals surface area contributed by atoms with Gasteiger partial charge in [0.05, 0.1) is 6.10 Å². The quantitative estimate of drug-likeness (QED) is 0.575. The van der Waals surface area contributed by atoms with Crippen LogP contribution in [0.15, 0.2) is 12.2 Å². The van der Waals surface area contributed by atoms with Gasteiger partial charge < -0.3 is 5.11 Å². The number of aliphatic hydroxyl groups excluding tert-OH is 1. The lowest BCUT2D eigenvalue weighted by molar-refractivity contribution is 0.0614. The fourth-order valence-electron chi connectivity index (χ4n) is 1.75. The van der Waals surface area contributed by atoms with E-state index in [0.29, 0.717) is 11.8 Å². The molecule has 3 atom stereocenters. The smallest absolute Gasteiger partial charge is 0.0571 e. The minimum absolute atomic E-state index is 0.0922. The van der Waals surface area contributed by atoms with Crippen molar-refractivity contribution >= 4 is 0 Å². The van der Waals surface area contributed by atoms with Crippen molar-refractivity contribution in [3.8, 4) is 0 Å². The molecule has 0 aromatic carbocycles. The molecular weight excluding hydrogens is 136 g/mol. The molecule has 1 aliphatic rings. The highest BCUT2D eigenvalue weighted by molar-refractivity contribution is 4.99. The Labute approximate surface area is 69.1 Å². The topological polar surface area (TPSA) is 20.2 Å². The van der Waals surface area contributed by atoms with Gasteiger partial charge in [0.2, 0.25) is 0 Å². The molecule has 1 rings (SSSR count). The van der Waals surface area contributed by atoms with Crippen molar-refractivity contribution in [2.45, 2.75) is 39.2 Å². The molecule has 0 saturated heterocycles. The Morgan fingerprint density at radius 2 is 2.09 bits per heavy atom. The second-order valence-electron chi connectivity index (χ2n) is 3.90. The predicted molar refractivity (Wildman–Crippen MR) is 47.3 cm³/mol. The monoisotopic (exact) mass is 154 g/mol. The van der Waals surface area contributed by atoms with Crippen LogP contribution in [0.3, 0.4) is 0 Å². The highest BCUT2D eigenvalue weighted by atomic mass is 16.3. The van der Waals surface area contributed by atoms with Gasteiger partial charge in [-0.1, -0.05) is 19.1 Å². The standard InChI is InChI=1S/C10H18O/c1-7(2)9-5-4-8(3)10(11)6-9/h8-11H,1,4-6H2,2-3H3/t8-,9+,10?/m1/s1. The summed E-state index contributed by atoms with van der Waals surface area (Å²) in [6.45, 7) is 8.11. The number of aliphatic hydroxyl groups is 1. The van der Waals surface area contributed by atoms with E-state index in [0.717, 1.165) is 12.8 Å². The maximum absolute atomic E-state index is 9.56. The van der Waals surface area contributed by atoms with E-state index >= 15 is 0 Å². The summed E-state index contributed by atoms with van der Waals surface area (Å²) in [5.74, 6) is 1.06. The van der Waals surface area contributed by atoms with Gasteiger partial charge in [0.1, 0.15) is 0 Å². The number of hydrogen-bond acceptors (Lipinski definition) is 1. The summed E-state index contributed by atoms with van der Waals surface area (Å²) in [4.78, 5) is 0. The molecule has 0 spiro atoms. The summed E-state index contributed by atoms with van der Waals surface area (Å²) >= 11 is 0. The molecule has 1 saturated carbocycles. The van der Waals surface area contributed by atoms with Crippen molar-refractivity contribution in [2.75, 3.05) is 0 Å². The van der Waals surface area contributed by atoms with E-state index in [1.807, 2.05) is 0 Å². The zero-order valence-corrected chi connectivity index (χ0v) is 7.51. The largest absolute Gasteiger partial charge is 0.393 e. The van der Waals surface area contributed by atoms with E-state index in [1.54, 1.807) is 0 Å². The van der Waals surface area contributed by atoms with Crippen molar-refractivity contribution in [3.05, 3.63) is 12.2 Å². The Morgan fingerprint density at radius 1 is 1.45 bits per heavy atom. The van der Waals surface area contributed by atoms with E-state index < -0.39 is 0 Å². The molecule has 1 heteroatoms. The molecule has 1 N–H and O–H groups in total. The molecule has 1 unspecified atom stereocenters. The minimum Gasteiger partial charge on any atom is -0.393 e. The summed E-state index contributed by atoms with van der Waals surface area (Å²) in [7, 11) is 0. The third kappa shape index (κ3) is 2.06. The molecule has 1 fully saturated rings. The average Bonchev–Trinajstić information content (AvgIpc) is 1.94. The lowest BCUT2D eigenvalue weighted by atomic mass is 9.78. The molecule has 1 aliphatic carbocycles. The first-order valence-corrected chi connectivity index (χ1v) is 4.44. The summed E-state index contributed by atoms with van der Waals surface area (Å²) in [6.07, 6.45) is 3.20. The van der Waals surface area contributed by atoms with Crippen LogP contribution in [-0.4, -0.2) is 11.2 Å². The summed E-state index contributed by atoms with van der Waals surface area (Å²) in [5.41, 5.74) is 1.23. The first kappa shape index (κ1) is 8.79. The van der Waals surface area contributed by atoms with Gasteiger partial charge in [-0.15, -0.1) is 0 Å². The first-order valence-electron chi connectivity index (χ1n) is 4.44. The van der Waals surface area contributed by atoms with Crippen LogP contribution in [0.5, 0.6) is 0 Å². The number of allylic oxidation sites excluding steroid dienone is 1. The highest BCUT2D eigenvalue weighted by Crippen LogP contribution is 2.32. The van der Waals surface area contributed by atoms with Gasteiger partial charge in [0.15, 0.2) is 0 Å². The van der Waals surface area contributed by atoms with Gasteiger partial charge in [0, 0.05) is 0 Å². The maximum Gasteiger partial charge on any atom is 0.0571 e. The van der Waals surface area contributed by atoms with Crippen molar-refractivity contribution in [1.82, 2.24) is 0 Å². The van der Waals surface area contributed by atoms with Crippen LogP contribution in [0, 0.1) is 11.8 Å². The van der Waals surface area contributed by atoms with Gasteiger partial charge in [-0.3, -0.25) is 0 Å². The summed E-state index contributed by atoms with van der Waals surface area (Å²) in [5, 5.41) is 9.56. The van der Waals surface area contributed by atoms with Gasteiger partial charge in [-0.2, -0.15) is 0 Å². The van der Waals surface area contributed by atoms with Gasteiger partial charge in [0.25, 0.3) is 0 Å². The molecular formula is C10H18O. The maximum atomic E-state index is 9.56. The molecule has 64 valence electrons. The molecule has 0 radical (unpaired) electrons. The second kappa shape index (κ2) is 3.40. The van der Waals surface area contributed by atoms with Crippen molar-refractivity contribution < 1.29 is 5.11 Å². The zero-order chi connectivity index (χ0) is 8.43. The van der Waals surface area contributed by atoms with Crippen molar-refractivity contribution in [3.63, 3.8) is 0 Å². The van der Waals surface area contributed by atoms with Crippen LogP contribution >= 0.6 is 0 Å². The van der Waals surface area contributed by atoms with Gasteiger partial charge >= 0.3 is 0 Å². The second-order valence-corrected chi connectivity index (χ2v) is 3.90. The van der Waals surface area contributed by atoms with E-state index in [1.165, 1.54) is 12.0 Å². The molecule has 0 bridgehead atoms. The number of rotatable bonds is 1. The lowest BCUT2D eigenvalue weighted by Crippen LogP contribution is -2.27. The Morgan fingerprint density at radius 3 is 2.55 bits per heavy atom. The Kier molecular flexibility index (Phi) is 2.72. The minimum atomic E-state index is -0.0922. The van der Waals surface area contributed by atoms with Crippen molar-refractivity contribution in [2.24, 2.45) is 11.8 Å². The normalized spacial score (nSPS) is 38.6. The fraction of sp³-hybridized carbons (Fsp3) is 0.800. The van der Waals surface area contributed by atoms with Gasteiger partial charge in [-0.05, 0) is 38.0 Å². The Bertz CT molecular complexity index is 151. The molecule has 0 amide bonds.